The van der Waals surface area contributed by atoms with Crippen LogP contribution < -0.4 is 16.6 Å². The van der Waals surface area contributed by atoms with Crippen LogP contribution >= 0.6 is 11.9 Å². The summed E-state index contributed by atoms with van der Waals surface area (Å²) in [6.07, 6.45) is 0. The molecule has 2 aromatic heterocycles. The van der Waals surface area contributed by atoms with E-state index >= 15 is 0 Å². The van der Waals surface area contributed by atoms with Crippen molar-refractivity contribution in [2.24, 2.45) is 23.7 Å². The second kappa shape index (κ2) is 7.29. The van der Waals surface area contributed by atoms with E-state index in [9.17, 15) is 19.2 Å². The van der Waals surface area contributed by atoms with Crippen LogP contribution in [0.25, 0.3) is 11.2 Å². The van der Waals surface area contributed by atoms with Crippen LogP contribution in [-0.2, 0) is 23.7 Å². The molecule has 0 saturated heterocycles. The molecular formula is C12H15N7O5S. The van der Waals surface area contributed by atoms with Gasteiger partial charge in [-0.3, -0.25) is 18.7 Å². The Bertz CT molecular complexity index is 973. The molecule has 12 nitrogen and oxygen atoms in total. The van der Waals surface area contributed by atoms with Crippen LogP contribution in [0.4, 0.5) is 5.95 Å². The van der Waals surface area contributed by atoms with Gasteiger partial charge in [0.15, 0.2) is 11.2 Å². The topological polar surface area (TPSA) is 164 Å². The molecule has 1 unspecified atom stereocenters. The van der Waals surface area contributed by atoms with Crippen molar-refractivity contribution in [3.63, 3.8) is 0 Å². The lowest BCUT2D eigenvalue weighted by Crippen LogP contribution is -2.41. The molecule has 134 valence electrons. The van der Waals surface area contributed by atoms with E-state index in [0.717, 1.165) is 16.5 Å². The number of aryl methyl sites for hydroxylation is 1. The van der Waals surface area contributed by atoms with E-state index in [1.807, 2.05) is 0 Å². The number of aromatic nitrogens is 4. The fourth-order valence-electron chi connectivity index (χ4n) is 1.96. The third kappa shape index (κ3) is 3.93. The molecule has 0 aliphatic carbocycles. The Kier molecular flexibility index (Phi) is 5.36. The molecule has 25 heavy (non-hydrogen) atoms. The first-order valence-corrected chi connectivity index (χ1v) is 7.85. The van der Waals surface area contributed by atoms with Crippen molar-refractivity contribution < 1.29 is 14.7 Å². The molecule has 13 heteroatoms. The number of hydrogen-bond donors (Lipinski definition) is 3. The van der Waals surface area contributed by atoms with E-state index in [2.05, 4.69) is 24.9 Å². The Balaban J connectivity index is 2.17. The van der Waals surface area contributed by atoms with Gasteiger partial charge < -0.3 is 15.4 Å². The van der Waals surface area contributed by atoms with Crippen molar-refractivity contribution in [2.45, 2.75) is 13.0 Å². The van der Waals surface area contributed by atoms with Crippen molar-refractivity contribution in [1.29, 1.82) is 0 Å². The molecule has 0 aromatic carbocycles. The molecule has 1 amide bonds. The quantitative estimate of drug-likeness (QED) is 0.446. The summed E-state index contributed by atoms with van der Waals surface area (Å²) in [5, 5.41) is 15.0. The smallest absolute Gasteiger partial charge is 0.332 e. The second-order valence-corrected chi connectivity index (χ2v) is 5.79. The van der Waals surface area contributed by atoms with Gasteiger partial charge in [-0.2, -0.15) is 4.98 Å². The summed E-state index contributed by atoms with van der Waals surface area (Å²) in [4.78, 5) is 52.4. The minimum absolute atomic E-state index is 0.00722. The minimum atomic E-state index is -1.19. The van der Waals surface area contributed by atoms with Crippen LogP contribution in [-0.4, -0.2) is 47.9 Å². The highest BCUT2D eigenvalue weighted by Gasteiger charge is 2.18. The summed E-state index contributed by atoms with van der Waals surface area (Å²) < 4.78 is 5.83. The summed E-state index contributed by atoms with van der Waals surface area (Å²) in [6.45, 7) is 1.21. The number of fused-ring (bicyclic) bond motifs is 1. The van der Waals surface area contributed by atoms with Gasteiger partial charge in [-0.15, -0.1) is 9.63 Å². The van der Waals surface area contributed by atoms with Crippen LogP contribution in [0.5, 0.6) is 0 Å². The fourth-order valence-corrected chi connectivity index (χ4v) is 2.53. The Labute approximate surface area is 144 Å². The lowest BCUT2D eigenvalue weighted by Gasteiger charge is -2.09. The fraction of sp³-hybridized carbons (Fsp3) is 0.417. The Hall–Kier alpha value is -2.96. The summed E-state index contributed by atoms with van der Waals surface area (Å²) in [7, 11) is 2.81. The van der Waals surface area contributed by atoms with Gasteiger partial charge in [0, 0.05) is 38.7 Å². The zero-order chi connectivity index (χ0) is 18.7. The number of rotatable bonds is 6. The molecule has 0 spiro atoms. The average molecular weight is 369 g/mol. The maximum absolute atomic E-state index is 12.0. The molecule has 2 rings (SSSR count). The van der Waals surface area contributed by atoms with E-state index in [4.69, 9.17) is 5.11 Å². The third-order valence-electron chi connectivity index (χ3n) is 3.19. The Morgan fingerprint density at radius 1 is 1.36 bits per heavy atom. The predicted octanol–water partition coefficient (Wildman–Crippen LogP) is -0.718. The van der Waals surface area contributed by atoms with Gasteiger partial charge in [0.1, 0.15) is 6.04 Å². The summed E-state index contributed by atoms with van der Waals surface area (Å²) in [5.74, 6) is -1.72. The maximum Gasteiger partial charge on any atom is 0.332 e. The van der Waals surface area contributed by atoms with Crippen LogP contribution in [0.3, 0.4) is 0 Å². The predicted molar refractivity (Wildman–Crippen MR) is 88.8 cm³/mol. The number of carbonyl (C=O) groups is 2. The first-order valence-electron chi connectivity index (χ1n) is 6.91. The van der Waals surface area contributed by atoms with E-state index in [1.165, 1.54) is 25.6 Å². The molecule has 0 radical (unpaired) electrons. The molecule has 0 fully saturated rings. The highest BCUT2D eigenvalue weighted by molar-refractivity contribution is 7.97. The molecule has 0 aliphatic rings. The number of aliphatic carboxylic acids is 1. The lowest BCUT2D eigenvalue weighted by molar-refractivity contribution is -0.140. The first-order chi connectivity index (χ1) is 11.7. The van der Waals surface area contributed by atoms with E-state index in [-0.39, 0.29) is 22.9 Å². The summed E-state index contributed by atoms with van der Waals surface area (Å²) in [5.41, 5.74) is -0.836. The van der Waals surface area contributed by atoms with Crippen molar-refractivity contribution in [3.05, 3.63) is 20.8 Å². The number of carboxylic acids is 1. The number of hydrogen-bond acceptors (Lipinski definition) is 8. The number of imidazole rings is 1. The molecule has 0 aliphatic heterocycles. The number of carbonyl (C=O) groups excluding carboxylic acids is 1. The highest BCUT2D eigenvalue weighted by atomic mass is 32.2. The molecule has 3 N–H and O–H groups in total. The van der Waals surface area contributed by atoms with Crippen LogP contribution in [0, 0.1) is 0 Å². The second-order valence-electron chi connectivity index (χ2n) is 5.03. The van der Waals surface area contributed by atoms with Crippen molar-refractivity contribution in [3.8, 4) is 0 Å². The van der Waals surface area contributed by atoms with Crippen LogP contribution in [0.15, 0.2) is 19.2 Å². The molecule has 1 atom stereocenters. The third-order valence-corrected chi connectivity index (χ3v) is 3.87. The molecule has 0 bridgehead atoms. The average Bonchev–Trinajstić information content (AvgIpc) is 2.97. The number of aromatic amines is 1. The normalized spacial score (nSPS) is 12.6. The summed E-state index contributed by atoms with van der Waals surface area (Å²) >= 11 is 0.802. The van der Waals surface area contributed by atoms with E-state index in [1.54, 1.807) is 0 Å². The van der Waals surface area contributed by atoms with E-state index < -0.39 is 29.2 Å². The maximum atomic E-state index is 12.0. The molecular weight excluding hydrogens is 354 g/mol. The Morgan fingerprint density at radius 2 is 2.04 bits per heavy atom. The van der Waals surface area contributed by atoms with Gasteiger partial charge >= 0.3 is 11.7 Å². The molecule has 2 heterocycles. The van der Waals surface area contributed by atoms with E-state index in [0.29, 0.717) is 0 Å². The van der Waals surface area contributed by atoms with Gasteiger partial charge in [0.05, 0.1) is 0 Å². The van der Waals surface area contributed by atoms with Crippen LogP contribution in [0.2, 0.25) is 0 Å². The number of H-pyrrole nitrogens is 1. The van der Waals surface area contributed by atoms with Gasteiger partial charge in [0.25, 0.3) is 5.56 Å². The molecule has 0 saturated carbocycles. The SMILES string of the molecule is CC(=O)NC(CSN=Nc1nc2c([nH]1)c(=O)n(C)c(=O)n2C)C(=O)O. The number of carboxylic acid groups (broad SMARTS) is 1. The zero-order valence-electron chi connectivity index (χ0n) is 13.5. The lowest BCUT2D eigenvalue weighted by atomic mass is 10.3. The highest BCUT2D eigenvalue weighted by Crippen LogP contribution is 2.15. The summed E-state index contributed by atoms with van der Waals surface area (Å²) in [6, 6.07) is -1.11. The largest absolute Gasteiger partial charge is 0.480 e. The standard InChI is InChI=1S/C12H15N7O5S/c1-5(20)13-6(10(22)23)4-25-17-16-11-14-7-8(15-11)18(2)12(24)19(3)9(7)21/h6H,4H2,1-3H3,(H,13,20)(H,14,15)(H,22,23). The van der Waals surface area contributed by atoms with Gasteiger partial charge in [-0.05, 0) is 0 Å². The van der Waals surface area contributed by atoms with Crippen molar-refractivity contribution in [2.75, 3.05) is 5.75 Å². The number of nitrogens with one attached hydrogen (secondary N) is 2. The van der Waals surface area contributed by atoms with Gasteiger partial charge in [-0.1, -0.05) is 0 Å². The minimum Gasteiger partial charge on any atom is -0.480 e. The first kappa shape index (κ1) is 18.4. The van der Waals surface area contributed by atoms with Crippen LogP contribution in [0.1, 0.15) is 6.92 Å². The Morgan fingerprint density at radius 3 is 2.64 bits per heavy atom. The number of amides is 1. The van der Waals surface area contributed by atoms with Gasteiger partial charge in [0.2, 0.25) is 11.9 Å². The van der Waals surface area contributed by atoms with Crippen molar-refractivity contribution in [1.82, 2.24) is 24.4 Å². The molecule has 2 aromatic rings. The monoisotopic (exact) mass is 369 g/mol. The number of nitrogens with zero attached hydrogens (tertiary/aromatic N) is 5. The van der Waals surface area contributed by atoms with Gasteiger partial charge in [-0.25, -0.2) is 9.59 Å². The zero-order valence-corrected chi connectivity index (χ0v) is 14.3. The van der Waals surface area contributed by atoms with Crippen molar-refractivity contribution >= 4 is 40.9 Å².